The van der Waals surface area contributed by atoms with Crippen molar-refractivity contribution < 1.29 is 24.2 Å². The molecule has 0 bridgehead atoms. The van der Waals surface area contributed by atoms with Crippen molar-refractivity contribution in [2.75, 3.05) is 25.1 Å². The molecule has 22 heavy (non-hydrogen) atoms. The van der Waals surface area contributed by atoms with E-state index >= 15 is 0 Å². The molecule has 2 N–H and O–H groups in total. The third kappa shape index (κ3) is 4.73. The largest absolute Gasteiger partial charge is 0.482 e. The van der Waals surface area contributed by atoms with E-state index in [0.29, 0.717) is 17.4 Å². The first-order chi connectivity index (χ1) is 10.6. The van der Waals surface area contributed by atoms with Crippen molar-refractivity contribution in [1.29, 1.82) is 0 Å². The van der Waals surface area contributed by atoms with Gasteiger partial charge in [-0.15, -0.1) is 0 Å². The predicted molar refractivity (Wildman–Crippen MR) is 80.9 cm³/mol. The Morgan fingerprint density at radius 2 is 1.95 bits per heavy atom. The highest BCUT2D eigenvalue weighted by Crippen LogP contribution is 2.25. The molecule has 120 valence electrons. The summed E-state index contributed by atoms with van der Waals surface area (Å²) < 4.78 is 10.4. The molecule has 6 heteroatoms. The molecule has 1 saturated heterocycles. The third-order valence-electron chi connectivity index (χ3n) is 3.87. The summed E-state index contributed by atoms with van der Waals surface area (Å²) in [5.74, 6) is -0.287. The SMILES string of the molecule is CC(C(=O)Nc1ccc(OCC(=O)O)cc1)C1CCOCC1. The second-order valence-corrected chi connectivity index (χ2v) is 5.43. The quantitative estimate of drug-likeness (QED) is 0.841. The molecular weight excluding hydrogens is 286 g/mol. The van der Waals surface area contributed by atoms with Gasteiger partial charge in [0.2, 0.25) is 5.91 Å². The van der Waals surface area contributed by atoms with E-state index in [1.54, 1.807) is 24.3 Å². The van der Waals surface area contributed by atoms with Crippen LogP contribution in [0.15, 0.2) is 24.3 Å². The summed E-state index contributed by atoms with van der Waals surface area (Å²) in [4.78, 5) is 22.7. The zero-order valence-electron chi connectivity index (χ0n) is 12.6. The minimum absolute atomic E-state index is 0.00824. The maximum atomic E-state index is 12.3. The Bertz CT molecular complexity index is 508. The number of carbonyl (C=O) groups is 2. The summed E-state index contributed by atoms with van der Waals surface area (Å²) in [5, 5.41) is 11.4. The molecule has 1 unspecified atom stereocenters. The lowest BCUT2D eigenvalue weighted by Gasteiger charge is -2.26. The first kappa shape index (κ1) is 16.3. The molecule has 1 fully saturated rings. The molecule has 6 nitrogen and oxygen atoms in total. The van der Waals surface area contributed by atoms with E-state index in [9.17, 15) is 9.59 Å². The summed E-state index contributed by atoms with van der Waals surface area (Å²) >= 11 is 0. The van der Waals surface area contributed by atoms with Crippen LogP contribution in [0.25, 0.3) is 0 Å². The highest BCUT2D eigenvalue weighted by molar-refractivity contribution is 5.92. The fraction of sp³-hybridized carbons (Fsp3) is 0.500. The van der Waals surface area contributed by atoms with Crippen LogP contribution in [0.1, 0.15) is 19.8 Å². The Balaban J connectivity index is 1.86. The van der Waals surface area contributed by atoms with E-state index in [4.69, 9.17) is 14.6 Å². The van der Waals surface area contributed by atoms with Crippen molar-refractivity contribution in [3.8, 4) is 5.75 Å². The second kappa shape index (κ2) is 7.79. The molecule has 0 radical (unpaired) electrons. The van der Waals surface area contributed by atoms with Crippen LogP contribution in [0.4, 0.5) is 5.69 Å². The van der Waals surface area contributed by atoms with Gasteiger partial charge >= 0.3 is 5.97 Å². The zero-order chi connectivity index (χ0) is 15.9. The Morgan fingerprint density at radius 3 is 2.55 bits per heavy atom. The summed E-state index contributed by atoms with van der Waals surface area (Å²) in [5.41, 5.74) is 0.673. The summed E-state index contributed by atoms with van der Waals surface area (Å²) in [6, 6.07) is 6.67. The minimum Gasteiger partial charge on any atom is -0.482 e. The van der Waals surface area contributed by atoms with Gasteiger partial charge < -0.3 is 19.9 Å². The molecule has 0 aromatic heterocycles. The van der Waals surface area contributed by atoms with Crippen LogP contribution in [0.3, 0.4) is 0 Å². The van der Waals surface area contributed by atoms with Gasteiger partial charge in [-0.25, -0.2) is 4.79 Å². The number of carboxylic acid groups (broad SMARTS) is 1. The van der Waals surface area contributed by atoms with E-state index in [0.717, 1.165) is 26.1 Å². The number of ether oxygens (including phenoxy) is 2. The Morgan fingerprint density at radius 1 is 1.32 bits per heavy atom. The number of anilines is 1. The Kier molecular flexibility index (Phi) is 5.77. The number of amides is 1. The van der Waals surface area contributed by atoms with Gasteiger partial charge in [0.1, 0.15) is 5.75 Å². The van der Waals surface area contributed by atoms with Gasteiger partial charge in [-0.1, -0.05) is 6.92 Å². The van der Waals surface area contributed by atoms with E-state index in [1.165, 1.54) is 0 Å². The minimum atomic E-state index is -1.03. The third-order valence-corrected chi connectivity index (χ3v) is 3.87. The molecule has 2 rings (SSSR count). The molecule has 1 aromatic carbocycles. The highest BCUT2D eigenvalue weighted by Gasteiger charge is 2.25. The van der Waals surface area contributed by atoms with E-state index < -0.39 is 5.97 Å². The van der Waals surface area contributed by atoms with Gasteiger partial charge in [0.15, 0.2) is 6.61 Å². The number of nitrogens with one attached hydrogen (secondary N) is 1. The lowest BCUT2D eigenvalue weighted by atomic mass is 9.87. The highest BCUT2D eigenvalue weighted by atomic mass is 16.5. The number of benzene rings is 1. The van der Waals surface area contributed by atoms with Crippen LogP contribution in [0.5, 0.6) is 5.75 Å². The standard InChI is InChI=1S/C16H21NO5/c1-11(12-6-8-21-9-7-12)16(20)17-13-2-4-14(5-3-13)22-10-15(18)19/h2-5,11-12H,6-10H2,1H3,(H,17,20)(H,18,19). The molecule has 1 heterocycles. The summed E-state index contributed by atoms with van der Waals surface area (Å²) in [6.07, 6.45) is 1.83. The molecule has 1 aliphatic rings. The van der Waals surface area contributed by atoms with Crippen LogP contribution in [0.2, 0.25) is 0 Å². The van der Waals surface area contributed by atoms with E-state index in [1.807, 2.05) is 6.92 Å². The van der Waals surface area contributed by atoms with Crippen LogP contribution >= 0.6 is 0 Å². The van der Waals surface area contributed by atoms with Gasteiger partial charge in [-0.2, -0.15) is 0 Å². The number of hydrogen-bond acceptors (Lipinski definition) is 4. The average molecular weight is 307 g/mol. The van der Waals surface area contributed by atoms with Gasteiger partial charge in [0, 0.05) is 24.8 Å². The molecule has 0 spiro atoms. The summed E-state index contributed by atoms with van der Waals surface area (Å²) in [7, 11) is 0. The van der Waals surface area contributed by atoms with Gasteiger partial charge in [-0.05, 0) is 43.0 Å². The van der Waals surface area contributed by atoms with Crippen molar-refractivity contribution in [3.63, 3.8) is 0 Å². The lowest BCUT2D eigenvalue weighted by molar-refractivity contribution is -0.139. The maximum Gasteiger partial charge on any atom is 0.341 e. The smallest absolute Gasteiger partial charge is 0.341 e. The Labute approximate surface area is 129 Å². The first-order valence-corrected chi connectivity index (χ1v) is 7.39. The Hall–Kier alpha value is -2.08. The van der Waals surface area contributed by atoms with Crippen LogP contribution in [-0.2, 0) is 14.3 Å². The van der Waals surface area contributed by atoms with Gasteiger partial charge in [0.25, 0.3) is 0 Å². The number of hydrogen-bond donors (Lipinski definition) is 2. The number of rotatable bonds is 6. The first-order valence-electron chi connectivity index (χ1n) is 7.39. The molecule has 0 saturated carbocycles. The second-order valence-electron chi connectivity index (χ2n) is 5.43. The van der Waals surface area contributed by atoms with Crippen molar-refractivity contribution in [2.24, 2.45) is 11.8 Å². The van der Waals surface area contributed by atoms with Crippen LogP contribution in [0, 0.1) is 11.8 Å². The van der Waals surface area contributed by atoms with Crippen LogP contribution in [-0.4, -0.2) is 36.8 Å². The average Bonchev–Trinajstić information content (AvgIpc) is 2.54. The number of aliphatic carboxylic acids is 1. The summed E-state index contributed by atoms with van der Waals surface area (Å²) in [6.45, 7) is 3.00. The van der Waals surface area contributed by atoms with E-state index in [-0.39, 0.29) is 18.4 Å². The molecule has 1 aliphatic heterocycles. The zero-order valence-corrected chi connectivity index (χ0v) is 12.6. The van der Waals surface area contributed by atoms with Crippen molar-refractivity contribution in [1.82, 2.24) is 0 Å². The molecule has 1 aromatic rings. The van der Waals surface area contributed by atoms with Gasteiger partial charge in [-0.3, -0.25) is 4.79 Å². The number of carboxylic acids is 1. The topological polar surface area (TPSA) is 84.9 Å². The normalized spacial score (nSPS) is 16.8. The van der Waals surface area contributed by atoms with Gasteiger partial charge in [0.05, 0.1) is 0 Å². The van der Waals surface area contributed by atoms with Crippen molar-refractivity contribution in [2.45, 2.75) is 19.8 Å². The van der Waals surface area contributed by atoms with Crippen molar-refractivity contribution >= 4 is 17.6 Å². The molecule has 0 aliphatic carbocycles. The lowest BCUT2D eigenvalue weighted by Crippen LogP contribution is -2.30. The molecule has 1 amide bonds. The maximum absolute atomic E-state index is 12.3. The van der Waals surface area contributed by atoms with Crippen molar-refractivity contribution in [3.05, 3.63) is 24.3 Å². The van der Waals surface area contributed by atoms with Crippen LogP contribution < -0.4 is 10.1 Å². The van der Waals surface area contributed by atoms with E-state index in [2.05, 4.69) is 5.32 Å². The molecular formula is C16H21NO5. The predicted octanol–water partition coefficient (Wildman–Crippen LogP) is 2.15. The fourth-order valence-corrected chi connectivity index (χ4v) is 2.47. The number of carbonyl (C=O) groups excluding carboxylic acids is 1. The fourth-order valence-electron chi connectivity index (χ4n) is 2.47. The monoisotopic (exact) mass is 307 g/mol. The molecule has 1 atom stereocenters.